The number of hydrogen-bond acceptors (Lipinski definition) is 2. The monoisotopic (exact) mass is 83.0 g/mol. The Labute approximate surface area is 36.8 Å². The fourth-order valence-corrected chi connectivity index (χ4v) is 0.273. The van der Waals surface area contributed by atoms with Crippen LogP contribution in [0.15, 0.2) is 12.2 Å². The average Bonchev–Trinajstić information content (AvgIpc) is 1.72. The molecule has 0 aromatic carbocycles. The van der Waals surface area contributed by atoms with Gasteiger partial charge in [0, 0.05) is 6.54 Å². The first-order chi connectivity index (χ1) is 3.00. The molecule has 0 saturated carbocycles. The van der Waals surface area contributed by atoms with Gasteiger partial charge in [0.2, 0.25) is 0 Å². The second kappa shape index (κ2) is 1.95. The second-order valence-electron chi connectivity index (χ2n) is 0.971. The summed E-state index contributed by atoms with van der Waals surface area (Å²) in [7, 11) is 0. The van der Waals surface area contributed by atoms with Crippen LogP contribution in [0.1, 0.15) is 0 Å². The molecule has 0 bridgehead atoms. The largest absolute Gasteiger partial charge is 0.283 e. The van der Waals surface area contributed by atoms with E-state index < -0.39 is 0 Å². The molecule has 0 aromatic heterocycles. The summed E-state index contributed by atoms with van der Waals surface area (Å²) in [5.74, 6) is 0. The minimum atomic E-state index is 0.785. The topological polar surface area (TPSA) is 21.3 Å². The Morgan fingerprint density at radius 3 is 3.00 bits per heavy atom. The smallest absolute Gasteiger partial charge is 0.183 e. The molecular formula is C4H5NO. The Morgan fingerprint density at radius 1 is 1.83 bits per heavy atom. The average molecular weight is 83.1 g/mol. The van der Waals surface area contributed by atoms with E-state index in [1.54, 1.807) is 6.08 Å². The van der Waals surface area contributed by atoms with E-state index in [0.29, 0.717) is 0 Å². The van der Waals surface area contributed by atoms with Crippen molar-refractivity contribution in [2.75, 3.05) is 6.54 Å². The van der Waals surface area contributed by atoms with E-state index in [1.807, 2.05) is 6.08 Å². The van der Waals surface area contributed by atoms with Crippen LogP contribution >= 0.6 is 0 Å². The van der Waals surface area contributed by atoms with Crippen molar-refractivity contribution >= 4 is 0 Å². The predicted octanol–water partition coefficient (Wildman–Crippen LogP) is 0.116. The van der Waals surface area contributed by atoms with Crippen LogP contribution in [0.5, 0.6) is 0 Å². The van der Waals surface area contributed by atoms with Gasteiger partial charge in [0.05, 0.1) is 0 Å². The van der Waals surface area contributed by atoms with Crippen molar-refractivity contribution < 1.29 is 4.84 Å². The zero-order valence-corrected chi connectivity index (χ0v) is 3.27. The van der Waals surface area contributed by atoms with Crippen LogP contribution in [0.4, 0.5) is 0 Å². The fraction of sp³-hybridized carbons (Fsp3) is 0.250. The van der Waals surface area contributed by atoms with Gasteiger partial charge in [0.1, 0.15) is 0 Å². The van der Waals surface area contributed by atoms with Crippen LogP contribution in [-0.2, 0) is 4.84 Å². The van der Waals surface area contributed by atoms with Gasteiger partial charge in [0.15, 0.2) is 6.61 Å². The normalized spacial score (nSPS) is 21.3. The van der Waals surface area contributed by atoms with Crippen molar-refractivity contribution in [2.45, 2.75) is 0 Å². The van der Waals surface area contributed by atoms with Crippen molar-refractivity contribution in [3.8, 4) is 0 Å². The molecule has 0 atom stereocenters. The maximum Gasteiger partial charge on any atom is 0.183 e. The van der Waals surface area contributed by atoms with Crippen LogP contribution in [0.2, 0.25) is 0 Å². The summed E-state index contributed by atoms with van der Waals surface area (Å²) in [6, 6.07) is 0. The molecule has 2 radical (unpaired) electrons. The number of rotatable bonds is 0. The van der Waals surface area contributed by atoms with Crippen LogP contribution in [0.25, 0.3) is 0 Å². The molecule has 0 amide bonds. The third-order valence-corrected chi connectivity index (χ3v) is 0.518. The number of hydroxylamine groups is 1. The molecule has 0 aliphatic carbocycles. The summed E-state index contributed by atoms with van der Waals surface area (Å²) in [6.45, 7) is 3.28. The summed E-state index contributed by atoms with van der Waals surface area (Å²) in [5.41, 5.74) is 2.59. The van der Waals surface area contributed by atoms with Gasteiger partial charge < -0.3 is 0 Å². The number of nitrogens with one attached hydrogen (secondary N) is 1. The lowest BCUT2D eigenvalue weighted by Gasteiger charge is -2.00. The van der Waals surface area contributed by atoms with Crippen molar-refractivity contribution in [3.05, 3.63) is 18.8 Å². The van der Waals surface area contributed by atoms with E-state index in [1.165, 1.54) is 0 Å². The van der Waals surface area contributed by atoms with Gasteiger partial charge in [-0.05, 0) is 6.08 Å². The highest BCUT2D eigenvalue weighted by molar-refractivity contribution is 4.92. The maximum atomic E-state index is 4.48. The van der Waals surface area contributed by atoms with Crippen LogP contribution in [0.3, 0.4) is 0 Å². The molecule has 2 heteroatoms. The highest BCUT2D eigenvalue weighted by Gasteiger charge is 1.86. The minimum absolute atomic E-state index is 0.785. The molecule has 0 unspecified atom stereocenters. The van der Waals surface area contributed by atoms with Crippen LogP contribution in [-0.4, -0.2) is 6.54 Å². The first-order valence-electron chi connectivity index (χ1n) is 1.79. The van der Waals surface area contributed by atoms with Gasteiger partial charge in [-0.25, -0.2) is 0 Å². The second-order valence-corrected chi connectivity index (χ2v) is 0.971. The molecule has 1 aliphatic rings. The highest BCUT2D eigenvalue weighted by Crippen LogP contribution is 1.84. The van der Waals surface area contributed by atoms with Crippen LogP contribution < -0.4 is 5.48 Å². The maximum absolute atomic E-state index is 4.48. The van der Waals surface area contributed by atoms with Gasteiger partial charge >= 0.3 is 0 Å². The Kier molecular flexibility index (Phi) is 1.25. The van der Waals surface area contributed by atoms with E-state index >= 15 is 0 Å². The standard InChI is InChI=1S/C4H5NO/c1-2-4-6-5-3-1/h1-2,5H,3H2. The SMILES string of the molecule is [C]1C=CCNO1. The van der Waals surface area contributed by atoms with E-state index in [0.717, 1.165) is 6.54 Å². The fourth-order valence-electron chi connectivity index (χ4n) is 0.273. The molecule has 0 aromatic rings. The zero-order chi connectivity index (χ0) is 4.24. The quantitative estimate of drug-likeness (QED) is 0.449. The molecule has 6 heavy (non-hydrogen) atoms. The van der Waals surface area contributed by atoms with Gasteiger partial charge in [-0.15, -0.1) is 0 Å². The van der Waals surface area contributed by atoms with E-state index in [2.05, 4.69) is 16.9 Å². The van der Waals surface area contributed by atoms with Crippen molar-refractivity contribution in [3.63, 3.8) is 0 Å². The molecule has 1 aliphatic heterocycles. The Hall–Kier alpha value is -0.340. The first kappa shape index (κ1) is 3.84. The molecule has 1 rings (SSSR count). The molecule has 2 nitrogen and oxygen atoms in total. The molecule has 1 heterocycles. The third-order valence-electron chi connectivity index (χ3n) is 0.518. The van der Waals surface area contributed by atoms with Crippen molar-refractivity contribution in [1.29, 1.82) is 0 Å². The van der Waals surface area contributed by atoms with Crippen LogP contribution in [0, 0.1) is 6.61 Å². The summed E-state index contributed by atoms with van der Waals surface area (Å²) >= 11 is 0. The van der Waals surface area contributed by atoms with Crippen molar-refractivity contribution in [1.82, 2.24) is 5.48 Å². The Bertz CT molecular complexity index is 52.6. The highest BCUT2D eigenvalue weighted by atomic mass is 16.6. The Balaban J connectivity index is 2.26. The lowest BCUT2D eigenvalue weighted by Crippen LogP contribution is -2.14. The summed E-state index contributed by atoms with van der Waals surface area (Å²) in [5, 5.41) is 0. The lowest BCUT2D eigenvalue weighted by atomic mass is 10.5. The van der Waals surface area contributed by atoms with E-state index in [4.69, 9.17) is 0 Å². The molecule has 32 valence electrons. The minimum Gasteiger partial charge on any atom is -0.283 e. The summed E-state index contributed by atoms with van der Waals surface area (Å²) in [6.07, 6.45) is 3.65. The predicted molar refractivity (Wildman–Crippen MR) is 21.5 cm³/mol. The summed E-state index contributed by atoms with van der Waals surface area (Å²) < 4.78 is 0. The third kappa shape index (κ3) is 0.808. The van der Waals surface area contributed by atoms with Gasteiger partial charge in [-0.3, -0.25) is 4.84 Å². The molecule has 1 N–H and O–H groups in total. The summed E-state index contributed by atoms with van der Waals surface area (Å²) in [4.78, 5) is 4.48. The Morgan fingerprint density at radius 2 is 2.83 bits per heavy atom. The molecule has 0 saturated heterocycles. The van der Waals surface area contributed by atoms with E-state index in [-0.39, 0.29) is 0 Å². The van der Waals surface area contributed by atoms with Gasteiger partial charge in [-0.2, -0.15) is 5.48 Å². The number of hydrogen-bond donors (Lipinski definition) is 1. The van der Waals surface area contributed by atoms with Crippen molar-refractivity contribution in [2.24, 2.45) is 0 Å². The van der Waals surface area contributed by atoms with E-state index in [9.17, 15) is 0 Å². The lowest BCUT2D eigenvalue weighted by molar-refractivity contribution is 0.109. The zero-order valence-electron chi connectivity index (χ0n) is 3.27. The molecule has 0 spiro atoms. The van der Waals surface area contributed by atoms with Gasteiger partial charge in [0.25, 0.3) is 0 Å². The first-order valence-corrected chi connectivity index (χ1v) is 1.79. The molecular weight excluding hydrogens is 78.0 g/mol. The molecule has 0 fully saturated rings. The van der Waals surface area contributed by atoms with Gasteiger partial charge in [-0.1, -0.05) is 6.08 Å².